The van der Waals surface area contributed by atoms with Crippen molar-refractivity contribution in [2.45, 2.75) is 6.54 Å². The van der Waals surface area contributed by atoms with E-state index in [-0.39, 0.29) is 12.4 Å². The predicted octanol–water partition coefficient (Wildman–Crippen LogP) is 2.54. The molecule has 1 aliphatic rings. The fourth-order valence-electron chi connectivity index (χ4n) is 2.17. The highest BCUT2D eigenvalue weighted by Crippen LogP contribution is 2.22. The lowest BCUT2D eigenvalue weighted by Gasteiger charge is -2.17. The molecule has 0 atom stereocenters. The molecule has 3 rings (SSSR count). The average Bonchev–Trinajstić information content (AvgIpc) is 2.84. The average molecular weight is 276 g/mol. The summed E-state index contributed by atoms with van der Waals surface area (Å²) in [6.07, 6.45) is 0. The molecule has 5 heteroatoms. The van der Waals surface area contributed by atoms with Crippen LogP contribution >= 0.6 is 11.6 Å². The van der Waals surface area contributed by atoms with E-state index in [1.165, 1.54) is 0 Å². The minimum Gasteiger partial charge on any atom is -0.459 e. The Labute approximate surface area is 114 Å². The van der Waals surface area contributed by atoms with Crippen LogP contribution in [0.3, 0.4) is 0 Å². The van der Waals surface area contributed by atoms with Gasteiger partial charge in [0.1, 0.15) is 12.3 Å². The molecule has 0 unspecified atom stereocenters. The largest absolute Gasteiger partial charge is 0.459 e. The van der Waals surface area contributed by atoms with E-state index in [1.54, 1.807) is 41.0 Å². The molecule has 0 amide bonds. The van der Waals surface area contributed by atoms with E-state index in [4.69, 9.17) is 16.3 Å². The number of hydrogen-bond acceptors (Lipinski definition) is 3. The second-order valence-electron chi connectivity index (χ2n) is 4.20. The van der Waals surface area contributed by atoms with Crippen LogP contribution in [0.2, 0.25) is 5.02 Å². The standard InChI is InChI=1S/C14H10ClNO3/c15-10-4-2-1-3-9(10)13(17)11-5-6-12-14(18)19-8-7-16(11)12/h1-6H,7-8H2. The number of ketones is 1. The second-order valence-corrected chi connectivity index (χ2v) is 4.61. The zero-order chi connectivity index (χ0) is 13.4. The molecule has 96 valence electrons. The Morgan fingerprint density at radius 3 is 2.79 bits per heavy atom. The topological polar surface area (TPSA) is 48.3 Å². The van der Waals surface area contributed by atoms with Gasteiger partial charge in [-0.3, -0.25) is 4.79 Å². The lowest BCUT2D eigenvalue weighted by atomic mass is 10.1. The lowest BCUT2D eigenvalue weighted by Crippen LogP contribution is -2.25. The van der Waals surface area contributed by atoms with Crippen molar-refractivity contribution in [2.24, 2.45) is 0 Å². The van der Waals surface area contributed by atoms with E-state index in [2.05, 4.69) is 0 Å². The molecule has 1 aromatic carbocycles. The van der Waals surface area contributed by atoms with E-state index in [0.29, 0.717) is 28.5 Å². The van der Waals surface area contributed by atoms with Crippen molar-refractivity contribution in [1.29, 1.82) is 0 Å². The Morgan fingerprint density at radius 1 is 1.21 bits per heavy atom. The van der Waals surface area contributed by atoms with Crippen LogP contribution in [-0.2, 0) is 11.3 Å². The molecule has 0 N–H and O–H groups in total. The maximum atomic E-state index is 12.4. The van der Waals surface area contributed by atoms with Crippen LogP contribution in [0.5, 0.6) is 0 Å². The van der Waals surface area contributed by atoms with Crippen molar-refractivity contribution in [3.05, 3.63) is 58.4 Å². The molecule has 0 spiro atoms. The summed E-state index contributed by atoms with van der Waals surface area (Å²) in [5, 5.41) is 0.404. The highest BCUT2D eigenvalue weighted by Gasteiger charge is 2.25. The van der Waals surface area contributed by atoms with E-state index >= 15 is 0 Å². The number of nitrogens with zero attached hydrogens (tertiary/aromatic N) is 1. The van der Waals surface area contributed by atoms with Crippen LogP contribution < -0.4 is 0 Å². The summed E-state index contributed by atoms with van der Waals surface area (Å²) in [6, 6.07) is 10.1. The summed E-state index contributed by atoms with van der Waals surface area (Å²) in [7, 11) is 0. The van der Waals surface area contributed by atoms with Crippen LogP contribution in [-0.4, -0.2) is 22.9 Å². The number of esters is 1. The van der Waals surface area contributed by atoms with E-state index < -0.39 is 5.97 Å². The highest BCUT2D eigenvalue weighted by atomic mass is 35.5. The van der Waals surface area contributed by atoms with Crippen LogP contribution in [0, 0.1) is 0 Å². The number of hydrogen-bond donors (Lipinski definition) is 0. The summed E-state index contributed by atoms with van der Waals surface area (Å²) >= 11 is 6.03. The van der Waals surface area contributed by atoms with Crippen LogP contribution in [0.1, 0.15) is 26.5 Å². The van der Waals surface area contributed by atoms with Gasteiger partial charge in [-0.25, -0.2) is 4.79 Å². The number of benzene rings is 1. The Hall–Kier alpha value is -2.07. The van der Waals surface area contributed by atoms with Crippen molar-refractivity contribution in [1.82, 2.24) is 4.57 Å². The first-order valence-electron chi connectivity index (χ1n) is 5.84. The quantitative estimate of drug-likeness (QED) is 0.625. The van der Waals surface area contributed by atoms with Crippen LogP contribution in [0.4, 0.5) is 0 Å². The highest BCUT2D eigenvalue weighted by molar-refractivity contribution is 6.34. The molecular formula is C14H10ClNO3. The molecule has 0 fully saturated rings. The van der Waals surface area contributed by atoms with Crippen molar-refractivity contribution in [2.75, 3.05) is 6.61 Å². The maximum absolute atomic E-state index is 12.4. The Morgan fingerprint density at radius 2 is 2.00 bits per heavy atom. The van der Waals surface area contributed by atoms with E-state index in [1.807, 2.05) is 0 Å². The molecule has 1 aliphatic heterocycles. The van der Waals surface area contributed by atoms with Gasteiger partial charge >= 0.3 is 5.97 Å². The summed E-state index contributed by atoms with van der Waals surface area (Å²) in [5.41, 5.74) is 1.30. The molecule has 1 aromatic heterocycles. The predicted molar refractivity (Wildman–Crippen MR) is 69.6 cm³/mol. The molecule has 0 radical (unpaired) electrons. The van der Waals surface area contributed by atoms with Gasteiger partial charge < -0.3 is 9.30 Å². The van der Waals surface area contributed by atoms with Crippen molar-refractivity contribution < 1.29 is 14.3 Å². The Balaban J connectivity index is 2.07. The Kier molecular flexibility index (Phi) is 2.87. The number of cyclic esters (lactones) is 1. The fraction of sp³-hybridized carbons (Fsp3) is 0.143. The van der Waals surface area contributed by atoms with E-state index in [0.717, 1.165) is 0 Å². The normalized spacial score (nSPS) is 13.8. The maximum Gasteiger partial charge on any atom is 0.355 e. The number of halogens is 1. The van der Waals surface area contributed by atoms with Gasteiger partial charge in [0.2, 0.25) is 5.78 Å². The van der Waals surface area contributed by atoms with Crippen molar-refractivity contribution in [3.63, 3.8) is 0 Å². The molecule has 0 aliphatic carbocycles. The summed E-state index contributed by atoms with van der Waals surface area (Å²) in [5.74, 6) is -0.587. The first kappa shape index (κ1) is 12.0. The summed E-state index contributed by atoms with van der Waals surface area (Å²) in [4.78, 5) is 24.0. The van der Waals surface area contributed by atoms with Gasteiger partial charge in [-0.1, -0.05) is 23.7 Å². The molecule has 0 bridgehead atoms. The number of rotatable bonds is 2. The molecule has 0 saturated carbocycles. The van der Waals surface area contributed by atoms with Crippen molar-refractivity contribution >= 4 is 23.4 Å². The molecule has 19 heavy (non-hydrogen) atoms. The van der Waals surface area contributed by atoms with Gasteiger partial charge in [0, 0.05) is 5.56 Å². The van der Waals surface area contributed by atoms with Crippen molar-refractivity contribution in [3.8, 4) is 0 Å². The minimum absolute atomic E-state index is 0.188. The third kappa shape index (κ3) is 1.94. The van der Waals surface area contributed by atoms with Gasteiger partial charge in [0.25, 0.3) is 0 Å². The first-order valence-corrected chi connectivity index (χ1v) is 6.22. The van der Waals surface area contributed by atoms with Gasteiger partial charge in [-0.05, 0) is 24.3 Å². The van der Waals surface area contributed by atoms with Crippen LogP contribution in [0.15, 0.2) is 36.4 Å². The van der Waals surface area contributed by atoms with Gasteiger partial charge in [-0.15, -0.1) is 0 Å². The minimum atomic E-state index is -0.399. The molecule has 0 saturated heterocycles. The van der Waals surface area contributed by atoms with Crippen LogP contribution in [0.25, 0.3) is 0 Å². The molecule has 2 aromatic rings. The monoisotopic (exact) mass is 275 g/mol. The third-order valence-corrected chi connectivity index (χ3v) is 3.42. The number of ether oxygens (including phenoxy) is 1. The fourth-order valence-corrected chi connectivity index (χ4v) is 2.39. The summed E-state index contributed by atoms with van der Waals surface area (Å²) in [6.45, 7) is 0.767. The number of carbonyl (C=O) groups is 2. The Bertz CT molecular complexity index is 675. The number of carbonyl (C=O) groups excluding carboxylic acids is 2. The first-order chi connectivity index (χ1) is 9.18. The SMILES string of the molecule is O=C1OCCn2c1ccc2C(=O)c1ccccc1Cl. The molecule has 4 nitrogen and oxygen atoms in total. The summed E-state index contributed by atoms with van der Waals surface area (Å²) < 4.78 is 6.61. The number of fused-ring (bicyclic) bond motifs is 1. The van der Waals surface area contributed by atoms with Gasteiger partial charge in [-0.2, -0.15) is 0 Å². The van der Waals surface area contributed by atoms with Gasteiger partial charge in [0.15, 0.2) is 0 Å². The second kappa shape index (κ2) is 4.55. The number of aromatic nitrogens is 1. The third-order valence-electron chi connectivity index (χ3n) is 3.09. The van der Waals surface area contributed by atoms with E-state index in [9.17, 15) is 9.59 Å². The zero-order valence-corrected chi connectivity index (χ0v) is 10.7. The molecular weight excluding hydrogens is 266 g/mol. The lowest BCUT2D eigenvalue weighted by molar-refractivity contribution is 0.0421. The van der Waals surface area contributed by atoms with Gasteiger partial charge in [0.05, 0.1) is 17.3 Å². The molecule has 2 heterocycles. The zero-order valence-electron chi connectivity index (χ0n) is 9.93. The smallest absolute Gasteiger partial charge is 0.355 e.